The molecule has 2 aromatic rings. The Labute approximate surface area is 118 Å². The lowest BCUT2D eigenvalue weighted by molar-refractivity contribution is 0.391. The van der Waals surface area contributed by atoms with Crippen molar-refractivity contribution in [2.24, 2.45) is 0 Å². The van der Waals surface area contributed by atoms with Gasteiger partial charge in [-0.2, -0.15) is 0 Å². The summed E-state index contributed by atoms with van der Waals surface area (Å²) >= 11 is 0. The Bertz CT molecular complexity index is 540. The molecule has 0 aliphatic carbocycles. The van der Waals surface area contributed by atoms with Gasteiger partial charge in [-0.1, -0.05) is 0 Å². The van der Waals surface area contributed by atoms with Gasteiger partial charge >= 0.3 is 0 Å². The van der Waals surface area contributed by atoms with Crippen LogP contribution < -0.4 is 18.9 Å². The Morgan fingerprint density at radius 1 is 0.550 bits per heavy atom. The van der Waals surface area contributed by atoms with E-state index in [1.54, 1.807) is 28.4 Å². The number of benzene rings is 2. The van der Waals surface area contributed by atoms with Crippen LogP contribution in [-0.2, 0) is 0 Å². The lowest BCUT2D eigenvalue weighted by atomic mass is 10.0. The molecule has 0 spiro atoms. The van der Waals surface area contributed by atoms with Crippen LogP contribution in [0.15, 0.2) is 36.4 Å². The van der Waals surface area contributed by atoms with Gasteiger partial charge in [0.15, 0.2) is 0 Å². The third kappa shape index (κ3) is 2.64. The molecule has 0 radical (unpaired) electrons. The van der Waals surface area contributed by atoms with Gasteiger partial charge in [0.1, 0.15) is 23.0 Å². The molecule has 106 valence electrons. The average molecular weight is 274 g/mol. The highest BCUT2D eigenvalue weighted by Gasteiger charge is 2.13. The van der Waals surface area contributed by atoms with Crippen molar-refractivity contribution in [1.82, 2.24) is 0 Å². The number of rotatable bonds is 5. The molecule has 0 aliphatic heterocycles. The number of methoxy groups -OCH3 is 4. The Morgan fingerprint density at radius 2 is 0.950 bits per heavy atom. The first-order chi connectivity index (χ1) is 9.73. The van der Waals surface area contributed by atoms with Crippen molar-refractivity contribution >= 4 is 0 Å². The van der Waals surface area contributed by atoms with Gasteiger partial charge < -0.3 is 18.9 Å². The Hall–Kier alpha value is -2.36. The fourth-order valence-electron chi connectivity index (χ4n) is 2.04. The SMILES string of the molecule is COc1ccc(-c2ccc(OC)cc2OC)c(OC)c1. The first kappa shape index (κ1) is 14.1. The predicted octanol–water partition coefficient (Wildman–Crippen LogP) is 3.39. The standard InChI is InChI=1S/C16H18O4/c1-17-11-5-7-13(15(9-11)19-3)14-8-6-12(18-2)10-16(14)20-4/h5-10H,1-4H3. The second-order valence-electron chi connectivity index (χ2n) is 4.13. The third-order valence-corrected chi connectivity index (χ3v) is 3.11. The van der Waals surface area contributed by atoms with Crippen molar-refractivity contribution in [1.29, 1.82) is 0 Å². The van der Waals surface area contributed by atoms with Crippen LogP contribution in [-0.4, -0.2) is 28.4 Å². The van der Waals surface area contributed by atoms with E-state index in [9.17, 15) is 0 Å². The smallest absolute Gasteiger partial charge is 0.130 e. The average Bonchev–Trinajstić information content (AvgIpc) is 2.53. The zero-order chi connectivity index (χ0) is 14.5. The second-order valence-corrected chi connectivity index (χ2v) is 4.13. The Balaban J connectivity index is 2.55. The number of hydrogen-bond acceptors (Lipinski definition) is 4. The second kappa shape index (κ2) is 6.19. The molecular formula is C16H18O4. The molecular weight excluding hydrogens is 256 g/mol. The molecule has 0 amide bonds. The molecule has 4 nitrogen and oxygen atoms in total. The van der Waals surface area contributed by atoms with Crippen LogP contribution in [0, 0.1) is 0 Å². The van der Waals surface area contributed by atoms with E-state index >= 15 is 0 Å². The van der Waals surface area contributed by atoms with Crippen LogP contribution in [0.25, 0.3) is 11.1 Å². The molecule has 2 rings (SSSR count). The van der Waals surface area contributed by atoms with Crippen LogP contribution in [0.3, 0.4) is 0 Å². The van der Waals surface area contributed by atoms with E-state index in [1.807, 2.05) is 36.4 Å². The maximum atomic E-state index is 5.43. The highest BCUT2D eigenvalue weighted by atomic mass is 16.5. The summed E-state index contributed by atoms with van der Waals surface area (Å²) in [4.78, 5) is 0. The maximum Gasteiger partial charge on any atom is 0.130 e. The highest BCUT2D eigenvalue weighted by Crippen LogP contribution is 2.39. The monoisotopic (exact) mass is 274 g/mol. The first-order valence-corrected chi connectivity index (χ1v) is 6.18. The summed E-state index contributed by atoms with van der Waals surface area (Å²) < 4.78 is 21.3. The van der Waals surface area contributed by atoms with E-state index in [2.05, 4.69) is 0 Å². The lowest BCUT2D eigenvalue weighted by Crippen LogP contribution is -1.94. The maximum absolute atomic E-state index is 5.43. The predicted molar refractivity (Wildman–Crippen MR) is 78.1 cm³/mol. The fraction of sp³-hybridized carbons (Fsp3) is 0.250. The Kier molecular flexibility index (Phi) is 4.35. The molecule has 0 fully saturated rings. The van der Waals surface area contributed by atoms with E-state index in [4.69, 9.17) is 18.9 Å². The quantitative estimate of drug-likeness (QED) is 0.837. The highest BCUT2D eigenvalue weighted by molar-refractivity contribution is 5.77. The third-order valence-electron chi connectivity index (χ3n) is 3.11. The van der Waals surface area contributed by atoms with Gasteiger partial charge in [-0.05, 0) is 24.3 Å². The van der Waals surface area contributed by atoms with Gasteiger partial charge in [-0.25, -0.2) is 0 Å². The summed E-state index contributed by atoms with van der Waals surface area (Å²) in [6, 6.07) is 11.4. The van der Waals surface area contributed by atoms with Crippen LogP contribution >= 0.6 is 0 Å². The van der Waals surface area contributed by atoms with Crippen molar-refractivity contribution in [2.75, 3.05) is 28.4 Å². The summed E-state index contributed by atoms with van der Waals surface area (Å²) in [5.41, 5.74) is 1.88. The molecule has 0 heterocycles. The Morgan fingerprint density at radius 3 is 1.25 bits per heavy atom. The minimum atomic E-state index is 0.729. The minimum Gasteiger partial charge on any atom is -0.497 e. The molecule has 2 aromatic carbocycles. The van der Waals surface area contributed by atoms with Crippen molar-refractivity contribution < 1.29 is 18.9 Å². The minimum absolute atomic E-state index is 0.729. The van der Waals surface area contributed by atoms with Crippen molar-refractivity contribution in [3.8, 4) is 34.1 Å². The van der Waals surface area contributed by atoms with Gasteiger partial charge in [-0.15, -0.1) is 0 Å². The van der Waals surface area contributed by atoms with E-state index in [1.165, 1.54) is 0 Å². The van der Waals surface area contributed by atoms with Gasteiger partial charge in [0.05, 0.1) is 28.4 Å². The van der Waals surface area contributed by atoms with Crippen molar-refractivity contribution in [3.05, 3.63) is 36.4 Å². The molecule has 4 heteroatoms. The first-order valence-electron chi connectivity index (χ1n) is 6.18. The van der Waals surface area contributed by atoms with E-state index in [-0.39, 0.29) is 0 Å². The summed E-state index contributed by atoms with van der Waals surface area (Å²) in [5.74, 6) is 2.96. The molecule has 0 saturated heterocycles. The van der Waals surface area contributed by atoms with Crippen LogP contribution in [0.1, 0.15) is 0 Å². The molecule has 0 atom stereocenters. The van der Waals surface area contributed by atoms with Crippen LogP contribution in [0.5, 0.6) is 23.0 Å². The number of ether oxygens (including phenoxy) is 4. The van der Waals surface area contributed by atoms with Gasteiger partial charge in [0.2, 0.25) is 0 Å². The molecule has 0 aromatic heterocycles. The van der Waals surface area contributed by atoms with Crippen molar-refractivity contribution in [3.63, 3.8) is 0 Å². The van der Waals surface area contributed by atoms with Gasteiger partial charge in [0, 0.05) is 23.3 Å². The summed E-state index contributed by atoms with van der Waals surface area (Å²) in [6.07, 6.45) is 0. The lowest BCUT2D eigenvalue weighted by Gasteiger charge is -2.14. The summed E-state index contributed by atoms with van der Waals surface area (Å²) in [5, 5.41) is 0. The molecule has 0 unspecified atom stereocenters. The summed E-state index contributed by atoms with van der Waals surface area (Å²) in [7, 11) is 6.52. The molecule has 0 N–H and O–H groups in total. The molecule has 0 saturated carbocycles. The van der Waals surface area contributed by atoms with E-state index in [0.717, 1.165) is 34.1 Å². The van der Waals surface area contributed by atoms with Gasteiger partial charge in [0.25, 0.3) is 0 Å². The number of hydrogen-bond donors (Lipinski definition) is 0. The largest absolute Gasteiger partial charge is 0.497 e. The van der Waals surface area contributed by atoms with E-state index < -0.39 is 0 Å². The zero-order valence-corrected chi connectivity index (χ0v) is 12.1. The van der Waals surface area contributed by atoms with E-state index in [0.29, 0.717) is 0 Å². The normalized spacial score (nSPS) is 10.0. The van der Waals surface area contributed by atoms with Crippen LogP contribution in [0.4, 0.5) is 0 Å². The molecule has 0 aliphatic rings. The fourth-order valence-corrected chi connectivity index (χ4v) is 2.04. The topological polar surface area (TPSA) is 36.9 Å². The molecule has 0 bridgehead atoms. The van der Waals surface area contributed by atoms with Crippen LogP contribution in [0.2, 0.25) is 0 Å². The van der Waals surface area contributed by atoms with Gasteiger partial charge in [-0.3, -0.25) is 0 Å². The van der Waals surface area contributed by atoms with Crippen molar-refractivity contribution in [2.45, 2.75) is 0 Å². The summed E-state index contributed by atoms with van der Waals surface area (Å²) in [6.45, 7) is 0. The molecule has 20 heavy (non-hydrogen) atoms. The zero-order valence-electron chi connectivity index (χ0n) is 12.1.